The Bertz CT molecular complexity index is 2360. The molecule has 3 heterocycles. The van der Waals surface area contributed by atoms with E-state index in [-0.39, 0.29) is 0 Å². The van der Waals surface area contributed by atoms with Crippen molar-refractivity contribution >= 4 is 66.8 Å². The van der Waals surface area contributed by atoms with Crippen LogP contribution >= 0.6 is 34.0 Å². The SMILES string of the molecule is c1ccc(-c2ccsc2N(c2ccccc2)c2ccc(-c3ccc(-c4ccc(N(c5ccccc5)c5sccc5-c5ccccc5)cc4)s3)cc2)cc1. The molecule has 0 amide bonds. The first kappa shape index (κ1) is 32.9. The highest BCUT2D eigenvalue weighted by Gasteiger charge is 2.20. The summed E-state index contributed by atoms with van der Waals surface area (Å²) in [6.07, 6.45) is 0. The lowest BCUT2D eigenvalue weighted by atomic mass is 10.1. The summed E-state index contributed by atoms with van der Waals surface area (Å²) in [6, 6.07) is 69.6. The minimum Gasteiger partial charge on any atom is -0.301 e. The zero-order chi connectivity index (χ0) is 35.4. The molecule has 0 aliphatic carbocycles. The third kappa shape index (κ3) is 6.74. The molecule has 0 saturated heterocycles. The summed E-state index contributed by atoms with van der Waals surface area (Å²) in [7, 11) is 0. The van der Waals surface area contributed by atoms with Gasteiger partial charge in [-0.25, -0.2) is 0 Å². The molecule has 5 heteroatoms. The zero-order valence-corrected chi connectivity index (χ0v) is 31.2. The largest absolute Gasteiger partial charge is 0.301 e. The third-order valence-electron chi connectivity index (χ3n) is 9.32. The van der Waals surface area contributed by atoms with Gasteiger partial charge in [0.1, 0.15) is 10.0 Å². The summed E-state index contributed by atoms with van der Waals surface area (Å²) >= 11 is 5.37. The predicted molar refractivity (Wildman–Crippen MR) is 231 cm³/mol. The molecular formula is C48H34N2S3. The first-order valence-electron chi connectivity index (χ1n) is 17.6. The molecule has 0 aliphatic heterocycles. The summed E-state index contributed by atoms with van der Waals surface area (Å²) in [4.78, 5) is 7.24. The van der Waals surface area contributed by atoms with Gasteiger partial charge in [-0.05, 0) is 106 Å². The molecule has 0 fully saturated rings. The maximum Gasteiger partial charge on any atom is 0.108 e. The van der Waals surface area contributed by atoms with Crippen molar-refractivity contribution < 1.29 is 0 Å². The van der Waals surface area contributed by atoms with E-state index >= 15 is 0 Å². The van der Waals surface area contributed by atoms with Crippen molar-refractivity contribution in [2.45, 2.75) is 0 Å². The molecule has 9 aromatic rings. The Kier molecular flexibility index (Phi) is 9.27. The number of hydrogen-bond donors (Lipinski definition) is 0. The van der Waals surface area contributed by atoms with Crippen LogP contribution in [0.25, 0.3) is 43.1 Å². The van der Waals surface area contributed by atoms with Gasteiger partial charge in [-0.2, -0.15) is 0 Å². The molecule has 53 heavy (non-hydrogen) atoms. The Morgan fingerprint density at radius 2 is 0.623 bits per heavy atom. The number of hydrogen-bond acceptors (Lipinski definition) is 5. The van der Waals surface area contributed by atoms with E-state index in [0.29, 0.717) is 0 Å². The highest BCUT2D eigenvalue weighted by Crippen LogP contribution is 2.47. The van der Waals surface area contributed by atoms with Crippen molar-refractivity contribution in [3.05, 3.63) is 205 Å². The predicted octanol–water partition coefficient (Wildman–Crippen LogP) is 15.5. The minimum atomic E-state index is 1.14. The van der Waals surface area contributed by atoms with Crippen LogP contribution in [-0.4, -0.2) is 0 Å². The minimum absolute atomic E-state index is 1.14. The molecule has 6 aromatic carbocycles. The Labute approximate surface area is 322 Å². The van der Waals surface area contributed by atoms with Gasteiger partial charge in [0.2, 0.25) is 0 Å². The van der Waals surface area contributed by atoms with Crippen LogP contribution in [0.4, 0.5) is 32.8 Å². The molecule has 9 rings (SSSR count). The van der Waals surface area contributed by atoms with Crippen LogP contribution < -0.4 is 9.80 Å². The van der Waals surface area contributed by atoms with E-state index in [2.05, 4.69) is 215 Å². The first-order valence-corrected chi connectivity index (χ1v) is 20.1. The average molecular weight is 735 g/mol. The summed E-state index contributed by atoms with van der Waals surface area (Å²) in [6.45, 7) is 0. The van der Waals surface area contributed by atoms with Crippen LogP contribution in [0.1, 0.15) is 0 Å². The second kappa shape index (κ2) is 14.9. The van der Waals surface area contributed by atoms with E-state index in [0.717, 1.165) is 22.7 Å². The van der Waals surface area contributed by atoms with Gasteiger partial charge in [0, 0.05) is 43.6 Å². The van der Waals surface area contributed by atoms with E-state index in [1.807, 2.05) is 11.3 Å². The summed E-state index contributed by atoms with van der Waals surface area (Å²) in [5, 5.41) is 6.78. The Morgan fingerprint density at radius 3 is 1.00 bits per heavy atom. The van der Waals surface area contributed by atoms with E-state index < -0.39 is 0 Å². The lowest BCUT2D eigenvalue weighted by Gasteiger charge is -2.25. The van der Waals surface area contributed by atoms with Crippen LogP contribution in [0, 0.1) is 0 Å². The summed E-state index contributed by atoms with van der Waals surface area (Å²) in [5.74, 6) is 0. The second-order valence-electron chi connectivity index (χ2n) is 12.6. The van der Waals surface area contributed by atoms with Gasteiger partial charge in [0.25, 0.3) is 0 Å². The molecule has 3 aromatic heterocycles. The Balaban J connectivity index is 1.00. The molecule has 2 nitrogen and oxygen atoms in total. The van der Waals surface area contributed by atoms with E-state index in [1.165, 1.54) is 53.1 Å². The molecular weight excluding hydrogens is 701 g/mol. The lowest BCUT2D eigenvalue weighted by molar-refractivity contribution is 1.32. The number of nitrogens with zero attached hydrogens (tertiary/aromatic N) is 2. The number of thiophene rings is 3. The zero-order valence-electron chi connectivity index (χ0n) is 28.7. The van der Waals surface area contributed by atoms with Crippen molar-refractivity contribution in [3.8, 4) is 43.1 Å². The number of rotatable bonds is 10. The molecule has 0 radical (unpaired) electrons. The van der Waals surface area contributed by atoms with Gasteiger partial charge in [0.05, 0.1) is 0 Å². The molecule has 0 bridgehead atoms. The number of para-hydroxylation sites is 2. The fraction of sp³-hybridized carbons (Fsp3) is 0. The van der Waals surface area contributed by atoms with Crippen LogP contribution in [0.2, 0.25) is 0 Å². The Morgan fingerprint density at radius 1 is 0.283 bits per heavy atom. The maximum atomic E-state index is 2.37. The molecule has 0 atom stereocenters. The highest BCUT2D eigenvalue weighted by molar-refractivity contribution is 7.18. The van der Waals surface area contributed by atoms with Gasteiger partial charge in [-0.1, -0.05) is 121 Å². The van der Waals surface area contributed by atoms with Crippen molar-refractivity contribution in [2.75, 3.05) is 9.80 Å². The standard InChI is InChI=1S/C48H34N2S3/c1-5-13-35(14-6-1)43-31-33-51-47(43)49(39-17-9-3-10-18-39)41-25-21-37(22-26-41)45-29-30-46(53-45)38-23-27-42(28-24-38)50(40-19-11-4-12-20-40)48-44(32-34-52-48)36-15-7-2-8-16-36/h1-34H. The number of benzene rings is 6. The summed E-state index contributed by atoms with van der Waals surface area (Å²) < 4.78 is 0. The molecule has 254 valence electrons. The molecule has 0 unspecified atom stereocenters. The number of anilines is 6. The third-order valence-corrected chi connectivity index (χ3v) is 12.3. The Hall–Kier alpha value is -5.98. The van der Waals surface area contributed by atoms with Crippen molar-refractivity contribution in [1.82, 2.24) is 0 Å². The second-order valence-corrected chi connectivity index (χ2v) is 15.5. The van der Waals surface area contributed by atoms with Crippen molar-refractivity contribution in [3.63, 3.8) is 0 Å². The maximum absolute atomic E-state index is 2.37. The van der Waals surface area contributed by atoms with E-state index in [4.69, 9.17) is 0 Å². The molecule has 0 aliphatic rings. The summed E-state index contributed by atoms with van der Waals surface area (Å²) in [5.41, 5.74) is 11.9. The first-order chi connectivity index (χ1) is 26.3. The van der Waals surface area contributed by atoms with Crippen LogP contribution in [0.3, 0.4) is 0 Å². The normalized spacial score (nSPS) is 11.0. The lowest BCUT2D eigenvalue weighted by Crippen LogP contribution is -2.09. The van der Waals surface area contributed by atoms with Gasteiger partial charge in [-0.15, -0.1) is 34.0 Å². The molecule has 0 N–H and O–H groups in total. The van der Waals surface area contributed by atoms with Gasteiger partial charge < -0.3 is 9.80 Å². The van der Waals surface area contributed by atoms with E-state index in [1.54, 1.807) is 22.7 Å². The fourth-order valence-corrected chi connectivity index (χ4v) is 9.68. The average Bonchev–Trinajstić information content (AvgIpc) is 4.03. The molecule has 0 spiro atoms. The van der Waals surface area contributed by atoms with Crippen molar-refractivity contribution in [1.29, 1.82) is 0 Å². The quantitative estimate of drug-likeness (QED) is 0.138. The van der Waals surface area contributed by atoms with Crippen LogP contribution in [-0.2, 0) is 0 Å². The van der Waals surface area contributed by atoms with Gasteiger partial charge in [0.15, 0.2) is 0 Å². The smallest absolute Gasteiger partial charge is 0.108 e. The monoisotopic (exact) mass is 734 g/mol. The van der Waals surface area contributed by atoms with Gasteiger partial charge >= 0.3 is 0 Å². The van der Waals surface area contributed by atoms with Crippen LogP contribution in [0.15, 0.2) is 205 Å². The van der Waals surface area contributed by atoms with Crippen LogP contribution in [0.5, 0.6) is 0 Å². The topological polar surface area (TPSA) is 6.48 Å². The van der Waals surface area contributed by atoms with Gasteiger partial charge in [-0.3, -0.25) is 0 Å². The van der Waals surface area contributed by atoms with Crippen molar-refractivity contribution in [2.24, 2.45) is 0 Å². The fourth-order valence-electron chi connectivity index (χ4n) is 6.74. The molecule has 0 saturated carbocycles. The van der Waals surface area contributed by atoms with E-state index in [9.17, 15) is 0 Å². The highest BCUT2D eigenvalue weighted by atomic mass is 32.1.